The Hall–Kier alpha value is 0.300. The van der Waals surface area contributed by atoms with Crippen LogP contribution < -0.4 is 0 Å². The van der Waals surface area contributed by atoms with Gasteiger partial charge in [0.15, 0.2) is 0 Å². The molecule has 6 heteroatoms. The second kappa shape index (κ2) is 2.66. The third-order valence-electron chi connectivity index (χ3n) is 1.50. The van der Waals surface area contributed by atoms with E-state index in [4.69, 9.17) is 34.8 Å². The Morgan fingerprint density at radius 2 is 2.18 bits per heavy atom. The monoisotopic (exact) mass is 217 g/mol. The van der Waals surface area contributed by atoms with Crippen molar-refractivity contribution in [2.45, 2.75) is 16.5 Å². The zero-order valence-electron chi connectivity index (χ0n) is 5.59. The van der Waals surface area contributed by atoms with Crippen LogP contribution in [0.4, 0.5) is 0 Å². The van der Waals surface area contributed by atoms with Crippen LogP contribution in [0.5, 0.6) is 0 Å². The maximum Gasteiger partial charge on any atom is 0.289 e. The first-order chi connectivity index (χ1) is 4.88. The normalized spacial score (nSPS) is 37.4. The van der Waals surface area contributed by atoms with Gasteiger partial charge in [-0.15, -0.1) is 0 Å². The van der Waals surface area contributed by atoms with Gasteiger partial charge in [-0.1, -0.05) is 46.9 Å². The average Bonchev–Trinajstić information content (AvgIpc) is 2.12. The van der Waals surface area contributed by atoms with Crippen LogP contribution in [0.1, 0.15) is 6.92 Å². The molecule has 0 fully saturated rings. The van der Waals surface area contributed by atoms with E-state index in [-0.39, 0.29) is 0 Å². The molecule has 0 amide bonds. The maximum atomic E-state index is 9.55. The molecule has 0 saturated heterocycles. The fourth-order valence-corrected chi connectivity index (χ4v) is 1.32. The number of alkyl halides is 3. The first-order valence-corrected chi connectivity index (χ1v) is 4.02. The lowest BCUT2D eigenvalue weighted by Crippen LogP contribution is -2.47. The molecule has 2 atom stereocenters. The first-order valence-electron chi connectivity index (χ1n) is 2.88. The van der Waals surface area contributed by atoms with Crippen LogP contribution in [-0.4, -0.2) is 20.9 Å². The smallest absolute Gasteiger partial charge is 0.289 e. The van der Waals surface area contributed by atoms with Crippen molar-refractivity contribution in [2.75, 3.05) is 0 Å². The van der Waals surface area contributed by atoms with Gasteiger partial charge in [0.2, 0.25) is 0 Å². The first kappa shape index (κ1) is 9.39. The summed E-state index contributed by atoms with van der Waals surface area (Å²) in [6, 6.07) is 0. The molecule has 1 aliphatic rings. The number of halogens is 3. The topological polar surface area (TPSA) is 41.8 Å². The molecular formula is C5H6Cl3NO2. The molecule has 0 aromatic rings. The molecule has 1 aliphatic heterocycles. The minimum atomic E-state index is -1.89. The van der Waals surface area contributed by atoms with E-state index in [0.29, 0.717) is 0 Å². The number of rotatable bonds is 0. The molecule has 1 unspecified atom stereocenters. The summed E-state index contributed by atoms with van der Waals surface area (Å²) in [6.45, 7) is 1.64. The van der Waals surface area contributed by atoms with Crippen LogP contribution in [0, 0.1) is 5.92 Å². The predicted molar refractivity (Wildman–Crippen MR) is 44.0 cm³/mol. The van der Waals surface area contributed by atoms with E-state index in [9.17, 15) is 5.11 Å². The van der Waals surface area contributed by atoms with E-state index in [1.807, 2.05) is 0 Å². The third-order valence-corrected chi connectivity index (χ3v) is 2.31. The van der Waals surface area contributed by atoms with Crippen molar-refractivity contribution in [1.29, 1.82) is 0 Å². The largest absolute Gasteiger partial charge is 0.355 e. The highest BCUT2D eigenvalue weighted by Crippen LogP contribution is 2.44. The minimum absolute atomic E-state index is 0.435. The van der Waals surface area contributed by atoms with Gasteiger partial charge in [-0.25, -0.2) is 0 Å². The van der Waals surface area contributed by atoms with Crippen LogP contribution in [0.3, 0.4) is 0 Å². The van der Waals surface area contributed by atoms with Crippen molar-refractivity contribution in [3.05, 3.63) is 0 Å². The van der Waals surface area contributed by atoms with Crippen LogP contribution in [-0.2, 0) is 4.84 Å². The van der Waals surface area contributed by atoms with Crippen molar-refractivity contribution in [2.24, 2.45) is 11.1 Å². The Morgan fingerprint density at radius 1 is 1.64 bits per heavy atom. The fourth-order valence-electron chi connectivity index (χ4n) is 0.696. The molecule has 11 heavy (non-hydrogen) atoms. The van der Waals surface area contributed by atoms with Gasteiger partial charge in [-0.05, 0) is 0 Å². The van der Waals surface area contributed by atoms with Gasteiger partial charge >= 0.3 is 0 Å². The van der Waals surface area contributed by atoms with E-state index < -0.39 is 15.5 Å². The van der Waals surface area contributed by atoms with E-state index in [0.717, 1.165) is 0 Å². The van der Waals surface area contributed by atoms with Crippen molar-refractivity contribution in [3.63, 3.8) is 0 Å². The molecular weight excluding hydrogens is 212 g/mol. The second-order valence-corrected chi connectivity index (χ2v) is 4.61. The molecule has 1 N–H and O–H groups in total. The highest BCUT2D eigenvalue weighted by molar-refractivity contribution is 6.68. The zero-order valence-corrected chi connectivity index (χ0v) is 7.86. The molecule has 0 aliphatic carbocycles. The number of hydrogen-bond donors (Lipinski definition) is 1. The Balaban J connectivity index is 2.85. The van der Waals surface area contributed by atoms with Gasteiger partial charge in [0.1, 0.15) is 0 Å². The molecule has 0 spiro atoms. The van der Waals surface area contributed by atoms with E-state index in [1.54, 1.807) is 6.92 Å². The number of nitrogens with zero attached hydrogens (tertiary/aromatic N) is 1. The summed E-state index contributed by atoms with van der Waals surface area (Å²) in [6.07, 6.45) is 1.38. The Kier molecular flexibility index (Phi) is 2.27. The Bertz CT molecular complexity index is 191. The number of aliphatic hydroxyl groups is 1. The Labute approximate surface area is 78.9 Å². The summed E-state index contributed by atoms with van der Waals surface area (Å²) in [5.74, 6) is -2.27. The molecule has 0 saturated carbocycles. The fraction of sp³-hybridized carbons (Fsp3) is 0.800. The van der Waals surface area contributed by atoms with E-state index >= 15 is 0 Å². The molecule has 3 nitrogen and oxygen atoms in total. The lowest BCUT2D eigenvalue weighted by molar-refractivity contribution is -0.201. The van der Waals surface area contributed by atoms with Crippen LogP contribution in [0.25, 0.3) is 0 Å². The molecule has 0 bridgehead atoms. The standard InChI is InChI=1S/C5H6Cl3NO2/c1-3-2-9-11-4(3,10)5(6,7)8/h2-3,10H,1H3/t3?,4-/m0/s1. The van der Waals surface area contributed by atoms with Gasteiger partial charge in [-0.3, -0.25) is 0 Å². The van der Waals surface area contributed by atoms with Crippen molar-refractivity contribution in [3.8, 4) is 0 Å². The molecule has 64 valence electrons. The molecule has 0 radical (unpaired) electrons. The average molecular weight is 218 g/mol. The summed E-state index contributed by atoms with van der Waals surface area (Å²) >= 11 is 16.4. The van der Waals surface area contributed by atoms with Gasteiger partial charge in [0.25, 0.3) is 9.58 Å². The SMILES string of the molecule is CC1C=NO[C@]1(O)C(Cl)(Cl)Cl. The molecule has 1 rings (SSSR count). The summed E-state index contributed by atoms with van der Waals surface area (Å²) in [5.41, 5.74) is 0. The Morgan fingerprint density at radius 3 is 2.36 bits per heavy atom. The van der Waals surface area contributed by atoms with Crippen LogP contribution in [0.2, 0.25) is 0 Å². The van der Waals surface area contributed by atoms with E-state index in [1.165, 1.54) is 6.21 Å². The summed E-state index contributed by atoms with van der Waals surface area (Å²) in [5, 5.41) is 12.9. The number of oxime groups is 1. The van der Waals surface area contributed by atoms with Gasteiger partial charge in [0.05, 0.1) is 12.1 Å². The second-order valence-electron chi connectivity index (χ2n) is 2.33. The molecule has 1 heterocycles. The van der Waals surface area contributed by atoms with Crippen molar-refractivity contribution >= 4 is 41.0 Å². The summed E-state index contributed by atoms with van der Waals surface area (Å²) in [4.78, 5) is 4.55. The molecule has 0 aromatic carbocycles. The highest BCUT2D eigenvalue weighted by Gasteiger charge is 2.56. The van der Waals surface area contributed by atoms with E-state index in [2.05, 4.69) is 9.99 Å². The van der Waals surface area contributed by atoms with Crippen LogP contribution in [0.15, 0.2) is 5.16 Å². The van der Waals surface area contributed by atoms with Gasteiger partial charge in [0, 0.05) is 0 Å². The zero-order chi connectivity index (χ0) is 8.70. The minimum Gasteiger partial charge on any atom is -0.355 e. The van der Waals surface area contributed by atoms with Gasteiger partial charge in [-0.2, -0.15) is 0 Å². The summed E-state index contributed by atoms with van der Waals surface area (Å²) in [7, 11) is 0. The lowest BCUT2D eigenvalue weighted by Gasteiger charge is -2.30. The summed E-state index contributed by atoms with van der Waals surface area (Å²) < 4.78 is -1.89. The maximum absolute atomic E-state index is 9.55. The van der Waals surface area contributed by atoms with Crippen molar-refractivity contribution < 1.29 is 9.94 Å². The molecule has 0 aromatic heterocycles. The van der Waals surface area contributed by atoms with Crippen molar-refractivity contribution in [1.82, 2.24) is 0 Å². The quantitative estimate of drug-likeness (QED) is 0.629. The third kappa shape index (κ3) is 1.43. The number of hydrogen-bond acceptors (Lipinski definition) is 3. The predicted octanol–water partition coefficient (Wildman–Crippen LogP) is 1.70. The highest BCUT2D eigenvalue weighted by atomic mass is 35.6. The lowest BCUT2D eigenvalue weighted by atomic mass is 10.1. The van der Waals surface area contributed by atoms with Crippen LogP contribution >= 0.6 is 34.8 Å². The van der Waals surface area contributed by atoms with Gasteiger partial charge < -0.3 is 9.94 Å².